The first kappa shape index (κ1) is 16.7. The first-order valence-corrected chi connectivity index (χ1v) is 7.09. The maximum Gasteiger partial charge on any atom is 0.104 e. The van der Waals surface area contributed by atoms with Crippen LogP contribution in [0.15, 0.2) is 35.9 Å². The normalized spacial score (nSPS) is 26.4. The molecule has 0 aliphatic carbocycles. The van der Waals surface area contributed by atoms with Crippen LogP contribution >= 0.6 is 23.2 Å². The summed E-state index contributed by atoms with van der Waals surface area (Å²) in [5.74, 6) is 0. The van der Waals surface area contributed by atoms with Crippen molar-refractivity contribution in [1.82, 2.24) is 21.5 Å². The number of nitrogens with one attached hydrogen (secondary N) is 4. The minimum absolute atomic E-state index is 0.105. The van der Waals surface area contributed by atoms with Gasteiger partial charge < -0.3 is 5.32 Å². The van der Waals surface area contributed by atoms with Crippen LogP contribution in [0.4, 0.5) is 0 Å². The maximum absolute atomic E-state index is 6.07. The van der Waals surface area contributed by atoms with Crippen molar-refractivity contribution in [1.29, 1.82) is 0 Å². The fourth-order valence-corrected chi connectivity index (χ4v) is 2.16. The second kappa shape index (κ2) is 8.04. The highest BCUT2D eigenvalue weighted by molar-refractivity contribution is 6.32. The molecule has 0 radical (unpaired) electrons. The zero-order valence-electron chi connectivity index (χ0n) is 11.3. The molecular formula is C13H22Cl2N4. The molecule has 4 N–H and O–H groups in total. The van der Waals surface area contributed by atoms with Crippen molar-refractivity contribution in [3.05, 3.63) is 35.9 Å². The monoisotopic (exact) mass is 304 g/mol. The van der Waals surface area contributed by atoms with Crippen LogP contribution in [-0.2, 0) is 0 Å². The summed E-state index contributed by atoms with van der Waals surface area (Å²) in [4.78, 5) is 0. The zero-order valence-corrected chi connectivity index (χ0v) is 12.9. The molecule has 0 bridgehead atoms. The molecule has 0 fully saturated rings. The Morgan fingerprint density at radius 2 is 2.32 bits per heavy atom. The van der Waals surface area contributed by atoms with Crippen LogP contribution in [0, 0.1) is 0 Å². The Bertz CT molecular complexity index is 357. The fraction of sp³-hybridized carbons (Fsp3) is 0.538. The van der Waals surface area contributed by atoms with E-state index in [1.165, 1.54) is 0 Å². The van der Waals surface area contributed by atoms with Crippen molar-refractivity contribution in [2.24, 2.45) is 0 Å². The van der Waals surface area contributed by atoms with Gasteiger partial charge in [0.15, 0.2) is 0 Å². The predicted octanol–water partition coefficient (Wildman–Crippen LogP) is 2.16. The largest absolute Gasteiger partial charge is 0.302 e. The van der Waals surface area contributed by atoms with E-state index in [0.29, 0.717) is 5.03 Å². The first-order chi connectivity index (χ1) is 8.99. The maximum atomic E-state index is 6.07. The average molecular weight is 305 g/mol. The van der Waals surface area contributed by atoms with Gasteiger partial charge in [0.2, 0.25) is 0 Å². The van der Waals surface area contributed by atoms with Gasteiger partial charge in [-0.25, -0.2) is 10.9 Å². The van der Waals surface area contributed by atoms with Gasteiger partial charge in [-0.1, -0.05) is 23.8 Å². The smallest absolute Gasteiger partial charge is 0.104 e. The topological polar surface area (TPSA) is 48.1 Å². The third-order valence-corrected chi connectivity index (χ3v) is 3.50. The van der Waals surface area contributed by atoms with Gasteiger partial charge in [0.25, 0.3) is 0 Å². The summed E-state index contributed by atoms with van der Waals surface area (Å²) in [5, 5.41) is 7.03. The molecular weight excluding hydrogens is 283 g/mol. The van der Waals surface area contributed by atoms with Gasteiger partial charge in [-0.3, -0.25) is 5.32 Å². The Kier molecular flexibility index (Phi) is 7.07. The molecule has 0 aromatic heterocycles. The highest BCUT2D eigenvalue weighted by Crippen LogP contribution is 2.12. The predicted molar refractivity (Wildman–Crippen MR) is 82.8 cm³/mol. The Morgan fingerprint density at radius 3 is 2.95 bits per heavy atom. The number of hydrogen-bond acceptors (Lipinski definition) is 4. The van der Waals surface area contributed by atoms with Gasteiger partial charge in [-0.05, 0) is 39.0 Å². The molecule has 1 heterocycles. The molecule has 4 nitrogen and oxygen atoms in total. The van der Waals surface area contributed by atoms with Gasteiger partial charge in [0.05, 0.1) is 11.8 Å². The molecule has 1 aliphatic heterocycles. The molecule has 0 spiro atoms. The summed E-state index contributed by atoms with van der Waals surface area (Å²) < 4.78 is 0. The molecule has 3 atom stereocenters. The second-order valence-corrected chi connectivity index (χ2v) is 5.54. The van der Waals surface area contributed by atoms with Crippen LogP contribution in [-0.4, -0.2) is 24.4 Å². The van der Waals surface area contributed by atoms with Gasteiger partial charge in [0, 0.05) is 5.03 Å². The van der Waals surface area contributed by atoms with Crippen molar-refractivity contribution in [3.63, 3.8) is 0 Å². The molecule has 0 saturated carbocycles. The third kappa shape index (κ3) is 6.08. The van der Waals surface area contributed by atoms with Gasteiger partial charge in [0.1, 0.15) is 5.50 Å². The molecule has 1 aliphatic rings. The molecule has 0 amide bonds. The number of hydrogen-bond donors (Lipinski definition) is 4. The van der Waals surface area contributed by atoms with Crippen molar-refractivity contribution in [2.75, 3.05) is 7.05 Å². The van der Waals surface area contributed by atoms with E-state index in [1.54, 1.807) is 6.08 Å². The SMILES string of the molecule is C=CCCC(C)(NC)NNC1C=CC(Cl)=CC(Cl)N1. The van der Waals surface area contributed by atoms with Crippen molar-refractivity contribution < 1.29 is 0 Å². The van der Waals surface area contributed by atoms with Gasteiger partial charge in [-0.15, -0.1) is 18.2 Å². The lowest BCUT2D eigenvalue weighted by atomic mass is 10.1. The summed E-state index contributed by atoms with van der Waals surface area (Å²) >= 11 is 12.0. The van der Waals surface area contributed by atoms with Gasteiger partial charge >= 0.3 is 0 Å². The van der Waals surface area contributed by atoms with Crippen LogP contribution in [0.1, 0.15) is 19.8 Å². The molecule has 19 heavy (non-hydrogen) atoms. The van der Waals surface area contributed by atoms with Crippen LogP contribution in [0.3, 0.4) is 0 Å². The quantitative estimate of drug-likeness (QED) is 0.191. The Morgan fingerprint density at radius 1 is 1.58 bits per heavy atom. The molecule has 0 aromatic rings. The van der Waals surface area contributed by atoms with E-state index in [9.17, 15) is 0 Å². The Balaban J connectivity index is 2.50. The van der Waals surface area contributed by atoms with Crippen LogP contribution < -0.4 is 21.5 Å². The van der Waals surface area contributed by atoms with E-state index in [0.717, 1.165) is 12.8 Å². The van der Waals surface area contributed by atoms with Crippen molar-refractivity contribution in [2.45, 2.75) is 37.1 Å². The summed E-state index contributed by atoms with van der Waals surface area (Å²) in [6.45, 7) is 5.82. The fourth-order valence-electron chi connectivity index (χ4n) is 1.63. The molecule has 0 aromatic carbocycles. The number of rotatable bonds is 7. The highest BCUT2D eigenvalue weighted by Gasteiger charge is 2.22. The minimum atomic E-state index is -0.309. The van der Waals surface area contributed by atoms with E-state index in [2.05, 4.69) is 35.0 Å². The molecule has 108 valence electrons. The molecule has 0 saturated heterocycles. The Labute approximate surface area is 125 Å². The molecule has 3 unspecified atom stereocenters. The van der Waals surface area contributed by atoms with Crippen molar-refractivity contribution in [3.8, 4) is 0 Å². The standard InChI is InChI=1S/C13H22Cl2N4/c1-4-5-8-13(2,16-3)19-18-12-7-6-10(14)9-11(15)17-12/h4,6-7,9,11-12,16-19H,1,5,8H2,2-3H3. The lowest BCUT2D eigenvalue weighted by Crippen LogP contribution is -2.62. The van der Waals surface area contributed by atoms with Crippen molar-refractivity contribution >= 4 is 23.2 Å². The van der Waals surface area contributed by atoms with E-state index in [-0.39, 0.29) is 17.3 Å². The summed E-state index contributed by atoms with van der Waals surface area (Å²) in [5.41, 5.74) is 5.92. The van der Waals surface area contributed by atoms with E-state index >= 15 is 0 Å². The van der Waals surface area contributed by atoms with Crippen LogP contribution in [0.5, 0.6) is 0 Å². The Hall–Kier alpha value is -0.360. The summed E-state index contributed by atoms with van der Waals surface area (Å²) in [6, 6.07) is 0. The summed E-state index contributed by atoms with van der Waals surface area (Å²) in [7, 11) is 1.91. The number of allylic oxidation sites excluding steroid dienone is 3. The lowest BCUT2D eigenvalue weighted by Gasteiger charge is -2.32. The zero-order chi connectivity index (χ0) is 14.3. The van der Waals surface area contributed by atoms with E-state index in [1.807, 2.05) is 25.3 Å². The second-order valence-electron chi connectivity index (χ2n) is 4.64. The number of halogens is 2. The first-order valence-electron chi connectivity index (χ1n) is 6.27. The van der Waals surface area contributed by atoms with Crippen LogP contribution in [0.25, 0.3) is 0 Å². The van der Waals surface area contributed by atoms with E-state index < -0.39 is 0 Å². The minimum Gasteiger partial charge on any atom is -0.302 e. The van der Waals surface area contributed by atoms with E-state index in [4.69, 9.17) is 23.2 Å². The third-order valence-electron chi connectivity index (χ3n) is 3.00. The van der Waals surface area contributed by atoms with Crippen LogP contribution in [0.2, 0.25) is 0 Å². The molecule has 1 rings (SSSR count). The number of alkyl halides is 1. The molecule has 6 heteroatoms. The highest BCUT2D eigenvalue weighted by atomic mass is 35.5. The number of hydrazine groups is 1. The van der Waals surface area contributed by atoms with Gasteiger partial charge in [-0.2, -0.15) is 0 Å². The summed E-state index contributed by atoms with van der Waals surface area (Å²) in [6.07, 6.45) is 9.11. The lowest BCUT2D eigenvalue weighted by molar-refractivity contribution is 0.226. The average Bonchev–Trinajstić information content (AvgIpc) is 2.55.